The highest BCUT2D eigenvalue weighted by atomic mass is 16.2. The van der Waals surface area contributed by atoms with Crippen molar-refractivity contribution in [2.45, 2.75) is 63.8 Å². The van der Waals surface area contributed by atoms with Crippen molar-refractivity contribution in [3.8, 4) is 0 Å². The van der Waals surface area contributed by atoms with Gasteiger partial charge in [0.1, 0.15) is 0 Å². The number of amides is 2. The summed E-state index contributed by atoms with van der Waals surface area (Å²) in [6.45, 7) is 2.37. The fraction of sp³-hybridized carbons (Fsp3) is 0.682. The maximum atomic E-state index is 13.1. The first-order chi connectivity index (χ1) is 13.2. The lowest BCUT2D eigenvalue weighted by molar-refractivity contribution is -0.145. The van der Waals surface area contributed by atoms with Crippen molar-refractivity contribution in [2.75, 3.05) is 19.6 Å². The zero-order valence-electron chi connectivity index (χ0n) is 16.2. The van der Waals surface area contributed by atoms with Crippen LogP contribution in [0, 0.1) is 11.8 Å². The van der Waals surface area contributed by atoms with Crippen molar-refractivity contribution in [3.05, 3.63) is 30.1 Å². The first kappa shape index (κ1) is 18.5. The van der Waals surface area contributed by atoms with Gasteiger partial charge in [-0.25, -0.2) is 0 Å². The van der Waals surface area contributed by atoms with E-state index in [1.807, 2.05) is 23.4 Å². The molecule has 3 heterocycles. The minimum absolute atomic E-state index is 0.0122. The van der Waals surface area contributed by atoms with E-state index in [0.717, 1.165) is 51.6 Å². The minimum atomic E-state index is 0.0122. The molecule has 3 aliphatic rings. The molecule has 5 nitrogen and oxygen atoms in total. The van der Waals surface area contributed by atoms with E-state index in [9.17, 15) is 9.59 Å². The third-order valence-corrected chi connectivity index (χ3v) is 6.73. The Labute approximate surface area is 162 Å². The van der Waals surface area contributed by atoms with E-state index in [0.29, 0.717) is 24.9 Å². The molecule has 4 rings (SSSR count). The van der Waals surface area contributed by atoms with E-state index in [2.05, 4.69) is 16.0 Å². The zero-order valence-corrected chi connectivity index (χ0v) is 16.2. The number of nitrogens with zero attached hydrogens (tertiary/aromatic N) is 3. The Morgan fingerprint density at radius 2 is 1.89 bits per heavy atom. The largest absolute Gasteiger partial charge is 0.342 e. The second kappa shape index (κ2) is 8.41. The maximum Gasteiger partial charge on any atom is 0.227 e. The van der Waals surface area contributed by atoms with E-state index in [1.165, 1.54) is 18.4 Å². The van der Waals surface area contributed by atoms with Crippen molar-refractivity contribution in [3.63, 3.8) is 0 Å². The number of aromatic nitrogens is 1. The number of rotatable bonds is 4. The summed E-state index contributed by atoms with van der Waals surface area (Å²) in [5.74, 6) is 1.20. The average Bonchev–Trinajstić information content (AvgIpc) is 3.24. The van der Waals surface area contributed by atoms with Gasteiger partial charge in [0.2, 0.25) is 11.8 Å². The molecule has 1 aromatic rings. The smallest absolute Gasteiger partial charge is 0.227 e. The molecule has 0 aromatic carbocycles. The summed E-state index contributed by atoms with van der Waals surface area (Å²) < 4.78 is 0. The van der Waals surface area contributed by atoms with Gasteiger partial charge in [-0.1, -0.05) is 18.9 Å². The van der Waals surface area contributed by atoms with Gasteiger partial charge in [-0.05, 0) is 56.1 Å². The van der Waals surface area contributed by atoms with E-state index in [-0.39, 0.29) is 17.7 Å². The van der Waals surface area contributed by atoms with Gasteiger partial charge in [0.15, 0.2) is 0 Å². The van der Waals surface area contributed by atoms with Gasteiger partial charge in [0.25, 0.3) is 0 Å². The van der Waals surface area contributed by atoms with Crippen LogP contribution in [0.15, 0.2) is 24.5 Å². The zero-order chi connectivity index (χ0) is 18.6. The molecule has 0 spiro atoms. The van der Waals surface area contributed by atoms with Crippen LogP contribution in [0.25, 0.3) is 0 Å². The van der Waals surface area contributed by atoms with Crippen LogP contribution in [0.1, 0.15) is 56.9 Å². The van der Waals surface area contributed by atoms with Crippen LogP contribution in [0.3, 0.4) is 0 Å². The van der Waals surface area contributed by atoms with Crippen LogP contribution >= 0.6 is 0 Å². The summed E-state index contributed by atoms with van der Waals surface area (Å²) in [5.41, 5.74) is 1.29. The van der Waals surface area contributed by atoms with Gasteiger partial charge in [-0.3, -0.25) is 14.6 Å². The van der Waals surface area contributed by atoms with Crippen molar-refractivity contribution in [2.24, 2.45) is 11.8 Å². The van der Waals surface area contributed by atoms with Crippen molar-refractivity contribution in [1.29, 1.82) is 0 Å². The van der Waals surface area contributed by atoms with Gasteiger partial charge in [-0.2, -0.15) is 0 Å². The molecule has 1 atom stereocenters. The van der Waals surface area contributed by atoms with E-state index in [4.69, 9.17) is 0 Å². The predicted octanol–water partition coefficient (Wildman–Crippen LogP) is 3.04. The maximum absolute atomic E-state index is 13.1. The summed E-state index contributed by atoms with van der Waals surface area (Å²) in [7, 11) is 0. The summed E-state index contributed by atoms with van der Waals surface area (Å²) >= 11 is 0. The predicted molar refractivity (Wildman–Crippen MR) is 104 cm³/mol. The Bertz CT molecular complexity index is 649. The lowest BCUT2D eigenvalue weighted by atomic mass is 9.89. The molecule has 0 N–H and O–H groups in total. The fourth-order valence-corrected chi connectivity index (χ4v) is 5.11. The molecule has 146 valence electrons. The molecule has 1 aliphatic carbocycles. The quantitative estimate of drug-likeness (QED) is 0.820. The standard InChI is InChI=1S/C22H31N3O2/c26-21-8-7-19(16-25(21)20-5-1-2-6-20)22(27)24-12-9-17(10-13-24)14-18-4-3-11-23-15-18/h3-4,11,15,17,19-20H,1-2,5-10,12-14,16H2. The topological polar surface area (TPSA) is 53.5 Å². The van der Waals surface area contributed by atoms with Crippen LogP contribution in [0.4, 0.5) is 0 Å². The number of carbonyl (C=O) groups is 2. The first-order valence-corrected chi connectivity index (χ1v) is 10.7. The average molecular weight is 370 g/mol. The second-order valence-electron chi connectivity index (χ2n) is 8.55. The lowest BCUT2D eigenvalue weighted by Gasteiger charge is -2.39. The Hall–Kier alpha value is -1.91. The summed E-state index contributed by atoms with van der Waals surface area (Å²) in [6.07, 6.45) is 12.9. The Morgan fingerprint density at radius 1 is 1.11 bits per heavy atom. The van der Waals surface area contributed by atoms with Gasteiger partial charge in [0.05, 0.1) is 5.92 Å². The Balaban J connectivity index is 1.29. The van der Waals surface area contributed by atoms with Gasteiger partial charge >= 0.3 is 0 Å². The van der Waals surface area contributed by atoms with Crippen molar-refractivity contribution in [1.82, 2.24) is 14.8 Å². The highest BCUT2D eigenvalue weighted by molar-refractivity contribution is 5.84. The number of hydrogen-bond donors (Lipinski definition) is 0. The van der Waals surface area contributed by atoms with Crippen LogP contribution < -0.4 is 0 Å². The highest BCUT2D eigenvalue weighted by Crippen LogP contribution is 2.30. The Kier molecular flexibility index (Phi) is 5.74. The van der Waals surface area contributed by atoms with E-state index >= 15 is 0 Å². The van der Waals surface area contributed by atoms with Crippen molar-refractivity contribution < 1.29 is 9.59 Å². The van der Waals surface area contributed by atoms with Gasteiger partial charge in [0, 0.05) is 44.5 Å². The number of pyridine rings is 1. The number of likely N-dealkylation sites (tertiary alicyclic amines) is 2. The second-order valence-corrected chi connectivity index (χ2v) is 8.55. The van der Waals surface area contributed by atoms with Gasteiger partial charge < -0.3 is 9.80 Å². The molecule has 5 heteroatoms. The van der Waals surface area contributed by atoms with Crippen LogP contribution in [-0.4, -0.2) is 52.3 Å². The molecule has 3 fully saturated rings. The monoisotopic (exact) mass is 369 g/mol. The molecule has 1 aromatic heterocycles. The molecule has 27 heavy (non-hydrogen) atoms. The number of carbonyl (C=O) groups excluding carboxylic acids is 2. The molecule has 2 amide bonds. The number of hydrogen-bond acceptors (Lipinski definition) is 3. The SMILES string of the molecule is O=C(C1CCC(=O)N(C2CCCC2)C1)N1CCC(Cc2cccnc2)CC1. The van der Waals surface area contributed by atoms with Crippen molar-refractivity contribution >= 4 is 11.8 Å². The summed E-state index contributed by atoms with van der Waals surface area (Å²) in [5, 5.41) is 0. The Morgan fingerprint density at radius 3 is 2.59 bits per heavy atom. The third kappa shape index (κ3) is 4.33. The van der Waals surface area contributed by atoms with Gasteiger partial charge in [-0.15, -0.1) is 0 Å². The normalized spacial score (nSPS) is 25.2. The molecule has 1 unspecified atom stereocenters. The molecular weight excluding hydrogens is 338 g/mol. The molecule has 0 bridgehead atoms. The van der Waals surface area contributed by atoms with Crippen LogP contribution in [-0.2, 0) is 16.0 Å². The molecule has 1 saturated carbocycles. The molecule has 2 saturated heterocycles. The molecular formula is C22H31N3O2. The summed E-state index contributed by atoms with van der Waals surface area (Å²) in [6, 6.07) is 4.52. The van der Waals surface area contributed by atoms with Crippen LogP contribution in [0.2, 0.25) is 0 Å². The van der Waals surface area contributed by atoms with E-state index < -0.39 is 0 Å². The summed E-state index contributed by atoms with van der Waals surface area (Å²) in [4.78, 5) is 33.7. The molecule has 0 radical (unpaired) electrons. The fourth-order valence-electron chi connectivity index (χ4n) is 5.11. The number of piperidine rings is 2. The third-order valence-electron chi connectivity index (χ3n) is 6.73. The first-order valence-electron chi connectivity index (χ1n) is 10.7. The van der Waals surface area contributed by atoms with E-state index in [1.54, 1.807) is 0 Å². The lowest BCUT2D eigenvalue weighted by Crippen LogP contribution is -2.51. The molecule has 2 aliphatic heterocycles. The highest BCUT2D eigenvalue weighted by Gasteiger charge is 2.37. The van der Waals surface area contributed by atoms with Crippen LogP contribution in [0.5, 0.6) is 0 Å². The minimum Gasteiger partial charge on any atom is -0.342 e.